The summed E-state index contributed by atoms with van der Waals surface area (Å²) >= 11 is 0. The predicted octanol–water partition coefficient (Wildman–Crippen LogP) is 21.6. The van der Waals surface area contributed by atoms with E-state index in [9.17, 15) is 5.26 Å². The number of hydrogen-bond donors (Lipinski definition) is 0. The molecule has 0 saturated heterocycles. The van der Waals surface area contributed by atoms with Crippen molar-refractivity contribution in [2.45, 2.75) is 0 Å². The van der Waals surface area contributed by atoms with Crippen molar-refractivity contribution in [3.63, 3.8) is 0 Å². The van der Waals surface area contributed by atoms with Gasteiger partial charge in [0.05, 0.1) is 45.1 Å². The van der Waals surface area contributed by atoms with Crippen LogP contribution in [0.3, 0.4) is 0 Å². The van der Waals surface area contributed by atoms with Crippen molar-refractivity contribution in [1.82, 2.24) is 73.9 Å². The van der Waals surface area contributed by atoms with Crippen LogP contribution in [0, 0.1) is 11.3 Å². The molecule has 0 aliphatic carbocycles. The molecule has 0 spiro atoms. The summed E-state index contributed by atoms with van der Waals surface area (Å²) in [5.74, 6) is 6.21. The van der Waals surface area contributed by atoms with Gasteiger partial charge in [-0.2, -0.15) is 5.26 Å². The van der Waals surface area contributed by atoms with Crippen LogP contribution in [0.4, 0.5) is 0 Å². The third-order valence-corrected chi connectivity index (χ3v) is 20.1. The SMILES string of the molecule is N#Cc1cc(-n2c3ccc(-c4nc(-c5ccccc5)nc(-c5ccccc5)n4)cc3c3cc(-c4nc(-c5ccccc5)nc(-c5ccccc5)n4)ccc32)c(-n2c3ccc(-c4nc(-c5ccccc5)nc(-c5ccccc5)n4)cc3c3cc(-c4nc(-c5ccccc5)nc(-c5ccccc5)n4)ccc32)cc1-c1ccncc1. The highest BCUT2D eigenvalue weighted by Gasteiger charge is 2.27. The Hall–Kier alpha value is -15.9. The Morgan fingerprint density at radius 2 is 0.402 bits per heavy atom. The number of fused-ring (bicyclic) bond motifs is 6. The highest BCUT2D eigenvalue weighted by atomic mass is 15.1. The summed E-state index contributed by atoms with van der Waals surface area (Å²) in [5.41, 5.74) is 16.6. The van der Waals surface area contributed by atoms with E-state index in [-0.39, 0.29) is 0 Å². The molecule has 522 valence electrons. The van der Waals surface area contributed by atoms with Gasteiger partial charge in [0, 0.05) is 106 Å². The van der Waals surface area contributed by atoms with Crippen molar-refractivity contribution in [3.05, 3.63) is 358 Å². The second kappa shape index (κ2) is 28.1. The van der Waals surface area contributed by atoms with Gasteiger partial charge in [-0.15, -0.1) is 0 Å². The highest BCUT2D eigenvalue weighted by Crippen LogP contribution is 2.45. The van der Waals surface area contributed by atoms with Crippen LogP contribution in [0.1, 0.15) is 5.56 Å². The second-order valence-corrected chi connectivity index (χ2v) is 27.0. The average Bonchev–Trinajstić information content (AvgIpc) is 1.55. The molecular formula is C96H58N16. The van der Waals surface area contributed by atoms with Crippen LogP contribution in [-0.4, -0.2) is 73.9 Å². The quantitative estimate of drug-likeness (QED) is 0.0938. The van der Waals surface area contributed by atoms with Gasteiger partial charge < -0.3 is 9.13 Å². The first-order chi connectivity index (χ1) is 55.4. The predicted molar refractivity (Wildman–Crippen MR) is 442 cm³/mol. The largest absolute Gasteiger partial charge is 0.307 e. The monoisotopic (exact) mass is 1430 g/mol. The molecule has 7 aromatic heterocycles. The normalized spacial score (nSPS) is 11.4. The fourth-order valence-corrected chi connectivity index (χ4v) is 14.7. The molecule has 0 unspecified atom stereocenters. The van der Waals surface area contributed by atoms with Gasteiger partial charge in [0.1, 0.15) is 0 Å². The van der Waals surface area contributed by atoms with Gasteiger partial charge in [0.25, 0.3) is 0 Å². The van der Waals surface area contributed by atoms with Gasteiger partial charge >= 0.3 is 0 Å². The molecule has 0 atom stereocenters. The molecule has 7 heterocycles. The minimum Gasteiger partial charge on any atom is -0.307 e. The molecule has 0 fully saturated rings. The molecule has 0 amide bonds. The maximum Gasteiger partial charge on any atom is 0.164 e. The second-order valence-electron chi connectivity index (χ2n) is 27.0. The number of benzene rings is 13. The summed E-state index contributed by atoms with van der Waals surface area (Å²) in [6.45, 7) is 0. The van der Waals surface area contributed by atoms with E-state index in [4.69, 9.17) is 59.8 Å². The van der Waals surface area contributed by atoms with Crippen LogP contribution < -0.4 is 0 Å². The molecular weight excluding hydrogens is 1380 g/mol. The number of rotatable bonds is 15. The zero-order valence-electron chi connectivity index (χ0n) is 59.6. The first-order valence-corrected chi connectivity index (χ1v) is 36.6. The van der Waals surface area contributed by atoms with Gasteiger partial charge in [-0.1, -0.05) is 243 Å². The summed E-state index contributed by atoms with van der Waals surface area (Å²) in [7, 11) is 0. The Morgan fingerprint density at radius 3 is 0.616 bits per heavy atom. The van der Waals surface area contributed by atoms with Gasteiger partial charge in [-0.25, -0.2) is 59.8 Å². The van der Waals surface area contributed by atoms with E-state index >= 15 is 0 Å². The Balaban J connectivity index is 0.868. The zero-order chi connectivity index (χ0) is 74.4. The van der Waals surface area contributed by atoms with Crippen LogP contribution in [-0.2, 0) is 0 Å². The fourth-order valence-electron chi connectivity index (χ4n) is 14.7. The highest BCUT2D eigenvalue weighted by molar-refractivity contribution is 6.14. The van der Waals surface area contributed by atoms with Crippen molar-refractivity contribution in [2.75, 3.05) is 0 Å². The molecule has 0 N–H and O–H groups in total. The fraction of sp³-hybridized carbons (Fsp3) is 0. The van der Waals surface area contributed by atoms with Crippen molar-refractivity contribution >= 4 is 43.6 Å². The Bertz CT molecular complexity index is 6430. The summed E-state index contributed by atoms with van der Waals surface area (Å²) in [4.78, 5) is 66.9. The van der Waals surface area contributed by atoms with E-state index in [1.165, 1.54) is 0 Å². The van der Waals surface area contributed by atoms with Crippen LogP contribution >= 0.6 is 0 Å². The molecule has 13 aromatic carbocycles. The first-order valence-electron chi connectivity index (χ1n) is 36.6. The van der Waals surface area contributed by atoms with Gasteiger partial charge in [0.2, 0.25) is 0 Å². The third kappa shape index (κ3) is 12.3. The van der Waals surface area contributed by atoms with Crippen LogP contribution in [0.15, 0.2) is 352 Å². The van der Waals surface area contributed by atoms with Gasteiger partial charge in [-0.3, -0.25) is 4.98 Å². The molecule has 16 nitrogen and oxygen atoms in total. The maximum absolute atomic E-state index is 11.7. The zero-order valence-corrected chi connectivity index (χ0v) is 59.6. The van der Waals surface area contributed by atoms with E-state index in [0.29, 0.717) is 86.7 Å². The lowest BCUT2D eigenvalue weighted by Crippen LogP contribution is -2.06. The van der Waals surface area contributed by atoms with Gasteiger partial charge in [-0.05, 0) is 103 Å². The molecule has 0 aliphatic rings. The summed E-state index contributed by atoms with van der Waals surface area (Å²) in [6, 6.07) is 116. The summed E-state index contributed by atoms with van der Waals surface area (Å²) in [6.07, 6.45) is 3.51. The Kier molecular flexibility index (Phi) is 16.5. The maximum atomic E-state index is 11.7. The minimum absolute atomic E-state index is 0.439. The molecule has 16 heteroatoms. The van der Waals surface area contributed by atoms with Crippen molar-refractivity contribution in [2.24, 2.45) is 0 Å². The molecule has 20 aromatic rings. The average molecular weight is 1440 g/mol. The number of nitriles is 1. The standard InChI is InChI=1S/C96H58N16/c97-59-73-57-83(111-79-45-41-69(93-103-85(61-25-9-1-10-26-61)99-86(104-93)62-27-11-2-12-28-62)53-75(79)76-54-70(42-46-80(76)111)94-105-87(63-29-13-3-14-30-63)100-88(106-94)64-31-15-4-16-32-64)84(58-74(73)60-49-51-98-52-50-60)112-81-47-43-71(95-107-89(65-33-17-5-18-34-65)101-90(108-95)66-35-19-6-20-36-66)55-77(81)78-56-72(44-48-82(78)112)96-109-91(67-37-21-7-22-38-67)102-92(110-96)68-39-23-8-24-40-68/h1-58H. The lowest BCUT2D eigenvalue weighted by molar-refractivity contribution is 1.07. The first kappa shape index (κ1) is 65.6. The molecule has 0 bridgehead atoms. The van der Waals surface area contributed by atoms with E-state index in [1.807, 2.05) is 261 Å². The van der Waals surface area contributed by atoms with E-state index in [2.05, 4.69) is 99.1 Å². The third-order valence-electron chi connectivity index (χ3n) is 20.1. The lowest BCUT2D eigenvalue weighted by atomic mass is 9.99. The van der Waals surface area contributed by atoms with Crippen LogP contribution in [0.2, 0.25) is 0 Å². The smallest absolute Gasteiger partial charge is 0.164 e. The summed E-state index contributed by atoms with van der Waals surface area (Å²) < 4.78 is 4.57. The number of aromatic nitrogens is 15. The van der Waals surface area contributed by atoms with E-state index in [0.717, 1.165) is 122 Å². The minimum atomic E-state index is 0.439. The van der Waals surface area contributed by atoms with E-state index in [1.54, 1.807) is 12.4 Å². The molecule has 0 radical (unpaired) electrons. The summed E-state index contributed by atoms with van der Waals surface area (Å²) in [5, 5.41) is 15.2. The lowest BCUT2D eigenvalue weighted by Gasteiger charge is -2.20. The van der Waals surface area contributed by atoms with Crippen molar-refractivity contribution < 1.29 is 0 Å². The van der Waals surface area contributed by atoms with Gasteiger partial charge in [0.15, 0.2) is 69.9 Å². The topological polar surface area (TPSA) is 201 Å². The van der Waals surface area contributed by atoms with Crippen molar-refractivity contribution in [1.29, 1.82) is 5.26 Å². The molecule has 0 saturated carbocycles. The number of hydrogen-bond acceptors (Lipinski definition) is 14. The van der Waals surface area contributed by atoms with E-state index < -0.39 is 0 Å². The van der Waals surface area contributed by atoms with Crippen LogP contribution in [0.5, 0.6) is 0 Å². The number of nitrogens with zero attached hydrogens (tertiary/aromatic N) is 16. The Labute approximate surface area is 641 Å². The molecule has 112 heavy (non-hydrogen) atoms. The van der Waals surface area contributed by atoms with Crippen LogP contribution in [0.25, 0.3) is 203 Å². The molecule has 0 aliphatic heterocycles. The molecule has 20 rings (SSSR count). The number of pyridine rings is 1. The van der Waals surface area contributed by atoms with Crippen molar-refractivity contribution in [3.8, 4) is 165 Å². The Morgan fingerprint density at radius 1 is 0.196 bits per heavy atom.